The number of benzene rings is 2. The molecule has 2 aromatic carbocycles. The Hall–Kier alpha value is -2.92. The van der Waals surface area contributed by atoms with Crippen LogP contribution in [-0.4, -0.2) is 10.1 Å². The van der Waals surface area contributed by atoms with Gasteiger partial charge in [-0.15, -0.1) is 0 Å². The second-order valence-corrected chi connectivity index (χ2v) is 6.86. The number of aromatic nitrogens is 2. The second kappa shape index (κ2) is 5.86. The molecule has 1 aliphatic rings. The summed E-state index contributed by atoms with van der Waals surface area (Å²) in [7, 11) is 0. The average molecular weight is 345 g/mol. The number of hydrogen-bond acceptors (Lipinski definition) is 5. The highest BCUT2D eigenvalue weighted by molar-refractivity contribution is 7.08. The zero-order valence-electron chi connectivity index (χ0n) is 13.4. The van der Waals surface area contributed by atoms with Crippen molar-refractivity contribution in [2.75, 3.05) is 5.32 Å². The first-order valence-corrected chi connectivity index (χ1v) is 9.11. The summed E-state index contributed by atoms with van der Waals surface area (Å²) >= 11 is 1.62. The third-order valence-corrected chi connectivity index (χ3v) is 5.17. The minimum absolute atomic E-state index is 0.517. The number of hydrogen-bond donors (Lipinski definition) is 1. The fourth-order valence-electron chi connectivity index (χ4n) is 3.27. The van der Waals surface area contributed by atoms with E-state index in [-0.39, 0.29) is 0 Å². The van der Waals surface area contributed by atoms with Gasteiger partial charge in [0, 0.05) is 16.6 Å². The Morgan fingerprint density at radius 2 is 1.96 bits per heavy atom. The molecule has 0 bridgehead atoms. The number of thiophene rings is 1. The Kier molecular flexibility index (Phi) is 3.38. The van der Waals surface area contributed by atoms with Crippen LogP contribution in [0.5, 0.6) is 0 Å². The largest absolute Gasteiger partial charge is 0.376 e. The first-order chi connectivity index (χ1) is 12.4. The standard InChI is InChI=1S/C20H15N3OS/c1-2-4-17-13(3-1)9-15-10-16(5-6-18(15)17)21-11-19-22-20(23-24-19)14-7-8-25-12-14/h1-8,10,12,21H,9,11H2. The van der Waals surface area contributed by atoms with Crippen LogP contribution in [0.25, 0.3) is 22.5 Å². The van der Waals surface area contributed by atoms with E-state index in [2.05, 4.69) is 57.9 Å². The van der Waals surface area contributed by atoms with Gasteiger partial charge in [0.15, 0.2) is 0 Å². The fraction of sp³-hybridized carbons (Fsp3) is 0.100. The van der Waals surface area contributed by atoms with Crippen LogP contribution in [-0.2, 0) is 13.0 Å². The molecule has 2 heterocycles. The molecule has 5 heteroatoms. The zero-order valence-corrected chi connectivity index (χ0v) is 14.2. The van der Waals surface area contributed by atoms with E-state index in [0.29, 0.717) is 18.3 Å². The van der Waals surface area contributed by atoms with Gasteiger partial charge in [-0.05, 0) is 52.3 Å². The SMILES string of the molecule is c1ccc2c(c1)Cc1cc(NCc3nc(-c4ccsc4)no3)ccc1-2. The van der Waals surface area contributed by atoms with Crippen LogP contribution in [0.2, 0.25) is 0 Å². The van der Waals surface area contributed by atoms with E-state index in [4.69, 9.17) is 4.52 Å². The van der Waals surface area contributed by atoms with Crippen molar-refractivity contribution in [1.82, 2.24) is 10.1 Å². The van der Waals surface area contributed by atoms with Crippen LogP contribution < -0.4 is 5.32 Å². The quantitative estimate of drug-likeness (QED) is 0.499. The van der Waals surface area contributed by atoms with Crippen molar-refractivity contribution in [3.05, 3.63) is 76.3 Å². The number of rotatable bonds is 4. The molecule has 5 rings (SSSR count). The molecule has 2 aromatic heterocycles. The fourth-order valence-corrected chi connectivity index (χ4v) is 3.90. The molecule has 0 unspecified atom stereocenters. The third kappa shape index (κ3) is 2.62. The molecule has 122 valence electrons. The summed E-state index contributed by atoms with van der Waals surface area (Å²) in [6.07, 6.45) is 0.990. The Morgan fingerprint density at radius 3 is 2.88 bits per heavy atom. The van der Waals surface area contributed by atoms with Crippen molar-refractivity contribution in [3.8, 4) is 22.5 Å². The number of nitrogens with one attached hydrogen (secondary N) is 1. The highest BCUT2D eigenvalue weighted by Crippen LogP contribution is 2.37. The summed E-state index contributed by atoms with van der Waals surface area (Å²) in [6, 6.07) is 17.1. The van der Waals surface area contributed by atoms with Gasteiger partial charge >= 0.3 is 0 Å². The maximum Gasteiger partial charge on any atom is 0.246 e. The molecule has 0 saturated carbocycles. The Morgan fingerprint density at radius 1 is 1.04 bits per heavy atom. The summed E-state index contributed by atoms with van der Waals surface area (Å²) in [4.78, 5) is 4.44. The normalized spacial score (nSPS) is 12.0. The van der Waals surface area contributed by atoms with Crippen LogP contribution in [0.3, 0.4) is 0 Å². The molecule has 0 atom stereocenters. The summed E-state index contributed by atoms with van der Waals surface area (Å²) in [5.41, 5.74) is 7.50. The van der Waals surface area contributed by atoms with Crippen molar-refractivity contribution in [2.45, 2.75) is 13.0 Å². The summed E-state index contributed by atoms with van der Waals surface area (Å²) in [5.74, 6) is 1.23. The summed E-state index contributed by atoms with van der Waals surface area (Å²) in [5, 5.41) is 11.4. The van der Waals surface area contributed by atoms with E-state index in [0.717, 1.165) is 17.7 Å². The highest BCUT2D eigenvalue weighted by Gasteiger charge is 2.18. The smallest absolute Gasteiger partial charge is 0.246 e. The molecule has 0 saturated heterocycles. The van der Waals surface area contributed by atoms with Crippen LogP contribution in [0, 0.1) is 0 Å². The van der Waals surface area contributed by atoms with Gasteiger partial charge in [-0.25, -0.2) is 0 Å². The van der Waals surface area contributed by atoms with E-state index in [1.54, 1.807) is 11.3 Å². The van der Waals surface area contributed by atoms with Crippen molar-refractivity contribution >= 4 is 17.0 Å². The van der Waals surface area contributed by atoms with Crippen LogP contribution in [0.1, 0.15) is 17.0 Å². The van der Waals surface area contributed by atoms with E-state index >= 15 is 0 Å². The van der Waals surface area contributed by atoms with E-state index in [1.165, 1.54) is 22.3 Å². The zero-order chi connectivity index (χ0) is 16.6. The number of fused-ring (bicyclic) bond motifs is 3. The maximum absolute atomic E-state index is 5.33. The van der Waals surface area contributed by atoms with Gasteiger partial charge in [-0.1, -0.05) is 35.5 Å². The Labute approximate surface area is 149 Å². The van der Waals surface area contributed by atoms with Gasteiger partial charge < -0.3 is 9.84 Å². The molecule has 0 amide bonds. The third-order valence-electron chi connectivity index (χ3n) is 4.48. The van der Waals surface area contributed by atoms with Gasteiger partial charge in [0.1, 0.15) is 0 Å². The van der Waals surface area contributed by atoms with Crippen molar-refractivity contribution in [1.29, 1.82) is 0 Å². The van der Waals surface area contributed by atoms with Crippen molar-refractivity contribution in [3.63, 3.8) is 0 Å². The maximum atomic E-state index is 5.33. The first kappa shape index (κ1) is 14.4. The number of nitrogens with zero attached hydrogens (tertiary/aromatic N) is 2. The van der Waals surface area contributed by atoms with Gasteiger partial charge in [-0.3, -0.25) is 0 Å². The van der Waals surface area contributed by atoms with E-state index < -0.39 is 0 Å². The van der Waals surface area contributed by atoms with Crippen LogP contribution in [0.15, 0.2) is 63.8 Å². The molecule has 0 aliphatic heterocycles. The van der Waals surface area contributed by atoms with Gasteiger partial charge in [0.25, 0.3) is 0 Å². The Bertz CT molecular complexity index is 1040. The Balaban J connectivity index is 1.32. The lowest BCUT2D eigenvalue weighted by Gasteiger charge is -2.06. The summed E-state index contributed by atoms with van der Waals surface area (Å²) < 4.78 is 5.33. The monoisotopic (exact) mass is 345 g/mol. The highest BCUT2D eigenvalue weighted by atomic mass is 32.1. The second-order valence-electron chi connectivity index (χ2n) is 6.08. The predicted molar refractivity (Wildman–Crippen MR) is 99.6 cm³/mol. The predicted octanol–water partition coefficient (Wildman–Crippen LogP) is 4.98. The minimum Gasteiger partial charge on any atom is -0.376 e. The first-order valence-electron chi connectivity index (χ1n) is 8.17. The van der Waals surface area contributed by atoms with Gasteiger partial charge in [-0.2, -0.15) is 16.3 Å². The number of anilines is 1. The topological polar surface area (TPSA) is 51.0 Å². The molecule has 4 aromatic rings. The molecule has 1 N–H and O–H groups in total. The van der Waals surface area contributed by atoms with Crippen LogP contribution in [0.4, 0.5) is 5.69 Å². The lowest BCUT2D eigenvalue weighted by molar-refractivity contribution is 0.384. The summed E-state index contributed by atoms with van der Waals surface area (Å²) in [6.45, 7) is 0.517. The molecular weight excluding hydrogens is 330 g/mol. The molecule has 1 aliphatic carbocycles. The molecule has 0 spiro atoms. The molecule has 0 radical (unpaired) electrons. The van der Waals surface area contributed by atoms with Crippen molar-refractivity contribution < 1.29 is 4.52 Å². The van der Waals surface area contributed by atoms with E-state index in [9.17, 15) is 0 Å². The van der Waals surface area contributed by atoms with Crippen molar-refractivity contribution in [2.24, 2.45) is 0 Å². The van der Waals surface area contributed by atoms with Gasteiger partial charge in [0.2, 0.25) is 11.7 Å². The lowest BCUT2D eigenvalue weighted by Crippen LogP contribution is -2.00. The molecule has 4 nitrogen and oxygen atoms in total. The lowest BCUT2D eigenvalue weighted by atomic mass is 10.1. The van der Waals surface area contributed by atoms with E-state index in [1.807, 2.05) is 16.8 Å². The molecule has 0 fully saturated rings. The molecular formula is C20H15N3OS. The molecule has 25 heavy (non-hydrogen) atoms. The minimum atomic E-state index is 0.517. The average Bonchev–Trinajstić information content (AvgIpc) is 3.37. The van der Waals surface area contributed by atoms with Crippen LogP contribution >= 0.6 is 11.3 Å². The van der Waals surface area contributed by atoms with Gasteiger partial charge in [0.05, 0.1) is 6.54 Å².